The van der Waals surface area contributed by atoms with Crippen LogP contribution in [-0.4, -0.2) is 19.7 Å². The molecule has 1 aliphatic rings. The first-order valence-corrected chi connectivity index (χ1v) is 10.2. The highest BCUT2D eigenvalue weighted by atomic mass is 32.1. The maximum Gasteiger partial charge on any atom is 0.349 e. The van der Waals surface area contributed by atoms with E-state index in [0.717, 1.165) is 10.4 Å². The molecular weight excluding hydrogens is 416 g/mol. The van der Waals surface area contributed by atoms with Gasteiger partial charge in [-0.15, -0.1) is 11.3 Å². The van der Waals surface area contributed by atoms with Crippen LogP contribution in [0.2, 0.25) is 0 Å². The minimum Gasteiger partial charge on any atom is -0.497 e. The van der Waals surface area contributed by atoms with E-state index in [-0.39, 0.29) is 18.4 Å². The van der Waals surface area contributed by atoms with Crippen molar-refractivity contribution in [2.24, 2.45) is 5.73 Å². The van der Waals surface area contributed by atoms with E-state index in [0.29, 0.717) is 28.6 Å². The third-order valence-electron chi connectivity index (χ3n) is 4.67. The summed E-state index contributed by atoms with van der Waals surface area (Å²) in [4.78, 5) is 13.2. The van der Waals surface area contributed by atoms with E-state index in [1.165, 1.54) is 11.3 Å². The summed E-state index contributed by atoms with van der Waals surface area (Å²) in [5.41, 5.74) is 7.12. The Labute approximate surface area is 182 Å². The van der Waals surface area contributed by atoms with Crippen molar-refractivity contribution in [3.8, 4) is 29.1 Å². The van der Waals surface area contributed by atoms with Crippen molar-refractivity contribution < 1.29 is 23.7 Å². The van der Waals surface area contributed by atoms with E-state index in [2.05, 4.69) is 6.07 Å². The van der Waals surface area contributed by atoms with Crippen molar-refractivity contribution in [2.45, 2.75) is 5.92 Å². The summed E-state index contributed by atoms with van der Waals surface area (Å²) in [6, 6.07) is 17.9. The highest BCUT2D eigenvalue weighted by Gasteiger charge is 2.31. The molecule has 31 heavy (non-hydrogen) atoms. The zero-order valence-electron chi connectivity index (χ0n) is 16.5. The Morgan fingerprint density at radius 3 is 2.58 bits per heavy atom. The Morgan fingerprint density at radius 2 is 1.90 bits per heavy atom. The number of methoxy groups -OCH3 is 1. The lowest BCUT2D eigenvalue weighted by Crippen LogP contribution is -2.21. The van der Waals surface area contributed by atoms with Crippen LogP contribution in [0.25, 0.3) is 0 Å². The van der Waals surface area contributed by atoms with Crippen LogP contribution in [0.3, 0.4) is 0 Å². The molecule has 3 aromatic rings. The summed E-state index contributed by atoms with van der Waals surface area (Å²) in [6.07, 6.45) is 0. The number of hydrogen-bond donors (Lipinski definition) is 1. The number of nitriles is 1. The molecule has 1 atom stereocenters. The summed E-state index contributed by atoms with van der Waals surface area (Å²) < 4.78 is 21.5. The predicted molar refractivity (Wildman–Crippen MR) is 114 cm³/mol. The number of carbonyl (C=O) groups is 1. The molecule has 8 heteroatoms. The molecule has 0 amide bonds. The molecule has 0 radical (unpaired) electrons. The van der Waals surface area contributed by atoms with E-state index in [1.807, 2.05) is 17.5 Å². The molecule has 2 N–H and O–H groups in total. The SMILES string of the molecule is COc1ccc(OCC(=O)Oc2ccc3c(c2)OC(N)=C(C#N)C3c2cccs2)cc1. The fourth-order valence-corrected chi connectivity index (χ4v) is 4.07. The van der Waals surface area contributed by atoms with Gasteiger partial charge in [0.2, 0.25) is 5.88 Å². The first kappa shape index (κ1) is 20.3. The molecular formula is C23H18N2O5S. The number of benzene rings is 2. The molecule has 2 heterocycles. The topological polar surface area (TPSA) is 104 Å². The first-order chi connectivity index (χ1) is 15.1. The molecule has 0 spiro atoms. The van der Waals surface area contributed by atoms with Crippen molar-refractivity contribution in [2.75, 3.05) is 13.7 Å². The number of carbonyl (C=O) groups excluding carboxylic acids is 1. The lowest BCUT2D eigenvalue weighted by molar-refractivity contribution is -0.136. The number of hydrogen-bond acceptors (Lipinski definition) is 8. The van der Waals surface area contributed by atoms with E-state index in [4.69, 9.17) is 24.7 Å². The number of ether oxygens (including phenoxy) is 4. The average molecular weight is 434 g/mol. The van der Waals surface area contributed by atoms with Crippen LogP contribution in [-0.2, 0) is 4.79 Å². The van der Waals surface area contributed by atoms with Crippen molar-refractivity contribution in [1.82, 2.24) is 0 Å². The first-order valence-electron chi connectivity index (χ1n) is 9.31. The standard InChI is InChI=1S/C23H18N2O5S/c1-27-14-4-6-15(7-5-14)28-13-21(26)29-16-8-9-17-19(11-16)30-23(25)18(12-24)22(17)20-3-2-10-31-20/h2-11,22H,13,25H2,1H3. The Kier molecular flexibility index (Phi) is 5.78. The van der Waals surface area contributed by atoms with Gasteiger partial charge in [0.05, 0.1) is 13.0 Å². The summed E-state index contributed by atoms with van der Waals surface area (Å²) in [7, 11) is 1.57. The zero-order chi connectivity index (χ0) is 21.8. The molecule has 0 saturated heterocycles. The van der Waals surface area contributed by atoms with Gasteiger partial charge in [-0.25, -0.2) is 4.79 Å². The summed E-state index contributed by atoms with van der Waals surface area (Å²) in [6.45, 7) is -0.261. The molecule has 156 valence electrons. The number of thiophene rings is 1. The third-order valence-corrected chi connectivity index (χ3v) is 5.60. The predicted octanol–water partition coefficient (Wildman–Crippen LogP) is 3.96. The second-order valence-corrected chi connectivity index (χ2v) is 7.56. The third kappa shape index (κ3) is 4.32. The fraction of sp³-hybridized carbons (Fsp3) is 0.130. The maximum absolute atomic E-state index is 12.2. The molecule has 2 aromatic carbocycles. The van der Waals surface area contributed by atoms with E-state index in [1.54, 1.807) is 49.6 Å². The van der Waals surface area contributed by atoms with Crippen LogP contribution >= 0.6 is 11.3 Å². The second-order valence-electron chi connectivity index (χ2n) is 6.58. The summed E-state index contributed by atoms with van der Waals surface area (Å²) in [5.74, 6) is 1.10. The van der Waals surface area contributed by atoms with Gasteiger partial charge in [0, 0.05) is 16.5 Å². The lowest BCUT2D eigenvalue weighted by Gasteiger charge is -2.25. The zero-order valence-corrected chi connectivity index (χ0v) is 17.3. The number of nitrogens with two attached hydrogens (primary N) is 1. The Morgan fingerprint density at radius 1 is 1.16 bits per heavy atom. The largest absolute Gasteiger partial charge is 0.497 e. The Bertz CT molecular complexity index is 1160. The van der Waals surface area contributed by atoms with Crippen LogP contribution in [0, 0.1) is 11.3 Å². The minimum absolute atomic E-state index is 0.0414. The van der Waals surface area contributed by atoms with Gasteiger partial charge in [-0.3, -0.25) is 0 Å². The second kappa shape index (κ2) is 8.81. The summed E-state index contributed by atoms with van der Waals surface area (Å²) in [5, 5.41) is 11.5. The van der Waals surface area contributed by atoms with Gasteiger partial charge >= 0.3 is 5.97 Å². The van der Waals surface area contributed by atoms with Crippen LogP contribution in [0.5, 0.6) is 23.0 Å². The highest BCUT2D eigenvalue weighted by Crippen LogP contribution is 2.44. The van der Waals surface area contributed by atoms with Gasteiger partial charge < -0.3 is 24.7 Å². The average Bonchev–Trinajstić information content (AvgIpc) is 3.31. The maximum atomic E-state index is 12.2. The number of fused-ring (bicyclic) bond motifs is 1. The van der Waals surface area contributed by atoms with Crippen molar-refractivity contribution in [1.29, 1.82) is 5.26 Å². The summed E-state index contributed by atoms with van der Waals surface area (Å²) >= 11 is 1.53. The van der Waals surface area contributed by atoms with Gasteiger partial charge in [-0.2, -0.15) is 5.26 Å². The van der Waals surface area contributed by atoms with Crippen molar-refractivity contribution in [3.63, 3.8) is 0 Å². The van der Waals surface area contributed by atoms with Gasteiger partial charge in [-0.05, 0) is 41.8 Å². The molecule has 0 aliphatic carbocycles. The molecule has 0 bridgehead atoms. The quantitative estimate of drug-likeness (QED) is 0.463. The smallest absolute Gasteiger partial charge is 0.349 e. The number of rotatable bonds is 6. The van der Waals surface area contributed by atoms with Crippen LogP contribution in [0.15, 0.2) is 71.4 Å². The van der Waals surface area contributed by atoms with Gasteiger partial charge in [0.1, 0.15) is 34.6 Å². The normalized spacial score (nSPS) is 14.8. The Hall–Kier alpha value is -3.96. The number of nitrogens with zero attached hydrogens (tertiary/aromatic N) is 1. The fourth-order valence-electron chi connectivity index (χ4n) is 3.22. The molecule has 1 aromatic heterocycles. The molecule has 0 saturated carbocycles. The molecule has 4 rings (SSSR count). The van der Waals surface area contributed by atoms with E-state index in [9.17, 15) is 10.1 Å². The number of allylic oxidation sites excluding steroid dienone is 1. The van der Waals surface area contributed by atoms with Gasteiger partial charge in [0.25, 0.3) is 0 Å². The van der Waals surface area contributed by atoms with Gasteiger partial charge in [0.15, 0.2) is 6.61 Å². The van der Waals surface area contributed by atoms with Crippen LogP contribution < -0.4 is 24.7 Å². The Balaban J connectivity index is 1.48. The lowest BCUT2D eigenvalue weighted by atomic mass is 9.88. The molecule has 1 unspecified atom stereocenters. The van der Waals surface area contributed by atoms with Crippen LogP contribution in [0.1, 0.15) is 16.4 Å². The van der Waals surface area contributed by atoms with E-state index >= 15 is 0 Å². The number of esters is 1. The molecule has 7 nitrogen and oxygen atoms in total. The van der Waals surface area contributed by atoms with Crippen LogP contribution in [0.4, 0.5) is 0 Å². The molecule has 0 fully saturated rings. The van der Waals surface area contributed by atoms with Gasteiger partial charge in [-0.1, -0.05) is 12.1 Å². The van der Waals surface area contributed by atoms with Crippen molar-refractivity contribution in [3.05, 3.63) is 81.9 Å². The molecule has 1 aliphatic heterocycles. The minimum atomic E-state index is -0.567. The monoisotopic (exact) mass is 434 g/mol. The highest BCUT2D eigenvalue weighted by molar-refractivity contribution is 7.10. The van der Waals surface area contributed by atoms with Crippen molar-refractivity contribution >= 4 is 17.3 Å². The van der Waals surface area contributed by atoms with E-state index < -0.39 is 5.97 Å².